The fraction of sp³-hybridized carbons (Fsp3) is 0.250. The van der Waals surface area contributed by atoms with Gasteiger partial charge in [0, 0.05) is 5.38 Å². The summed E-state index contributed by atoms with van der Waals surface area (Å²) in [7, 11) is 0. The third-order valence-corrected chi connectivity index (χ3v) is 3.08. The quantitative estimate of drug-likeness (QED) is 0.826. The summed E-state index contributed by atoms with van der Waals surface area (Å²) in [5.41, 5.74) is 3.29. The Morgan fingerprint density at radius 3 is 2.33 bits per heavy atom. The van der Waals surface area contributed by atoms with Crippen LogP contribution in [-0.2, 0) is 0 Å². The van der Waals surface area contributed by atoms with Crippen LogP contribution in [0.2, 0.25) is 0 Å². The molecule has 0 fully saturated rings. The number of nitrogens with one attached hydrogen (secondary N) is 1. The highest BCUT2D eigenvalue weighted by Gasteiger charge is 2.02. The average Bonchev–Trinajstić information content (AvgIpc) is 2.65. The molecule has 0 aliphatic heterocycles. The van der Waals surface area contributed by atoms with Gasteiger partial charge in [0.05, 0.1) is 5.69 Å². The molecule has 2 rings (SSSR count). The molecule has 0 aliphatic carbocycles. The summed E-state index contributed by atoms with van der Waals surface area (Å²) in [4.78, 5) is 13.8. The normalized spacial score (nSPS) is 10.9. The van der Waals surface area contributed by atoms with Crippen LogP contribution in [0, 0.1) is 0 Å². The first-order valence-electron chi connectivity index (χ1n) is 4.95. The lowest BCUT2D eigenvalue weighted by Gasteiger charge is -2.05. The first-order valence-corrected chi connectivity index (χ1v) is 5.83. The maximum absolute atomic E-state index is 11.0. The maximum atomic E-state index is 11.0. The van der Waals surface area contributed by atoms with Crippen molar-refractivity contribution in [2.45, 2.75) is 19.8 Å². The smallest absolute Gasteiger partial charge is 0.304 e. The summed E-state index contributed by atoms with van der Waals surface area (Å²) in [6, 6.07) is 8.31. The highest BCUT2D eigenvalue weighted by molar-refractivity contribution is 7.07. The van der Waals surface area contributed by atoms with Gasteiger partial charge in [-0.1, -0.05) is 49.4 Å². The Balaban J connectivity index is 2.35. The lowest BCUT2D eigenvalue weighted by molar-refractivity contribution is 0.867. The summed E-state index contributed by atoms with van der Waals surface area (Å²) in [5.74, 6) is 0.542. The van der Waals surface area contributed by atoms with Crippen molar-refractivity contribution in [1.82, 2.24) is 4.98 Å². The Morgan fingerprint density at radius 1 is 1.20 bits per heavy atom. The van der Waals surface area contributed by atoms with Gasteiger partial charge in [-0.3, -0.25) is 4.79 Å². The van der Waals surface area contributed by atoms with Gasteiger partial charge in [0.1, 0.15) is 0 Å². The molecular formula is C12H13NOS. The zero-order valence-corrected chi connectivity index (χ0v) is 9.60. The van der Waals surface area contributed by atoms with E-state index in [-0.39, 0.29) is 4.87 Å². The standard InChI is InChI=1S/C12H13NOS/c1-8(2)9-3-5-10(6-4-9)11-7-15-12(14)13-11/h3-8H,1-2H3,(H,13,14). The molecule has 0 unspecified atom stereocenters. The molecular weight excluding hydrogens is 206 g/mol. The van der Waals surface area contributed by atoms with Gasteiger partial charge >= 0.3 is 4.87 Å². The van der Waals surface area contributed by atoms with Crippen LogP contribution < -0.4 is 4.87 Å². The largest absolute Gasteiger partial charge is 0.312 e. The number of thiazole rings is 1. The van der Waals surface area contributed by atoms with E-state index in [1.165, 1.54) is 16.9 Å². The molecule has 1 heterocycles. The Bertz CT molecular complexity index is 493. The van der Waals surface area contributed by atoms with E-state index in [4.69, 9.17) is 0 Å². The minimum Gasteiger partial charge on any atom is -0.312 e. The van der Waals surface area contributed by atoms with E-state index >= 15 is 0 Å². The number of benzene rings is 1. The van der Waals surface area contributed by atoms with Gasteiger partial charge in [0.25, 0.3) is 0 Å². The number of hydrogen-bond donors (Lipinski definition) is 1. The first kappa shape index (κ1) is 10.2. The summed E-state index contributed by atoms with van der Waals surface area (Å²) in [6.45, 7) is 4.34. The van der Waals surface area contributed by atoms with Crippen LogP contribution >= 0.6 is 11.3 Å². The van der Waals surface area contributed by atoms with Crippen LogP contribution in [0.4, 0.5) is 0 Å². The molecule has 3 heteroatoms. The summed E-state index contributed by atoms with van der Waals surface area (Å²) >= 11 is 1.20. The average molecular weight is 219 g/mol. The second-order valence-electron chi connectivity index (χ2n) is 3.84. The van der Waals surface area contributed by atoms with Gasteiger partial charge in [-0.25, -0.2) is 0 Å². The molecule has 2 nitrogen and oxygen atoms in total. The maximum Gasteiger partial charge on any atom is 0.304 e. The van der Waals surface area contributed by atoms with Gasteiger partial charge in [0.2, 0.25) is 0 Å². The van der Waals surface area contributed by atoms with Crippen LogP contribution in [0.25, 0.3) is 11.3 Å². The predicted molar refractivity (Wildman–Crippen MR) is 64.5 cm³/mol. The lowest BCUT2D eigenvalue weighted by atomic mass is 10.0. The summed E-state index contributed by atoms with van der Waals surface area (Å²) in [6.07, 6.45) is 0. The minimum atomic E-state index is -0.00191. The Kier molecular flexibility index (Phi) is 2.73. The van der Waals surface area contributed by atoms with E-state index in [0.717, 1.165) is 11.3 Å². The molecule has 0 amide bonds. The second-order valence-corrected chi connectivity index (χ2v) is 4.68. The number of aromatic amines is 1. The van der Waals surface area contributed by atoms with Crippen molar-refractivity contribution in [3.63, 3.8) is 0 Å². The molecule has 1 aromatic heterocycles. The van der Waals surface area contributed by atoms with Crippen molar-refractivity contribution in [2.24, 2.45) is 0 Å². The van der Waals surface area contributed by atoms with E-state index in [0.29, 0.717) is 5.92 Å². The van der Waals surface area contributed by atoms with Crippen molar-refractivity contribution < 1.29 is 0 Å². The lowest BCUT2D eigenvalue weighted by Crippen LogP contribution is -1.92. The molecule has 0 saturated heterocycles. The highest BCUT2D eigenvalue weighted by atomic mass is 32.1. The monoisotopic (exact) mass is 219 g/mol. The molecule has 0 atom stereocenters. The fourth-order valence-corrected chi connectivity index (χ4v) is 2.06. The summed E-state index contributed by atoms with van der Waals surface area (Å²) < 4.78 is 0. The fourth-order valence-electron chi connectivity index (χ4n) is 1.47. The van der Waals surface area contributed by atoms with Gasteiger partial charge in [-0.2, -0.15) is 0 Å². The SMILES string of the molecule is CC(C)c1ccc(-c2csc(=O)[nH]2)cc1. The van der Waals surface area contributed by atoms with E-state index in [1.807, 2.05) is 17.5 Å². The number of H-pyrrole nitrogens is 1. The van der Waals surface area contributed by atoms with Gasteiger partial charge in [-0.05, 0) is 17.0 Å². The van der Waals surface area contributed by atoms with Crippen molar-refractivity contribution in [1.29, 1.82) is 0 Å². The predicted octanol–water partition coefficient (Wildman–Crippen LogP) is 3.23. The Morgan fingerprint density at radius 2 is 1.87 bits per heavy atom. The minimum absolute atomic E-state index is 0.00191. The highest BCUT2D eigenvalue weighted by Crippen LogP contribution is 2.21. The van der Waals surface area contributed by atoms with Crippen LogP contribution in [0.1, 0.15) is 25.3 Å². The van der Waals surface area contributed by atoms with Crippen molar-refractivity contribution >= 4 is 11.3 Å². The summed E-state index contributed by atoms with van der Waals surface area (Å²) in [5, 5.41) is 1.85. The van der Waals surface area contributed by atoms with Crippen LogP contribution in [0.5, 0.6) is 0 Å². The zero-order chi connectivity index (χ0) is 10.8. The van der Waals surface area contributed by atoms with Crippen molar-refractivity contribution in [2.75, 3.05) is 0 Å². The first-order chi connectivity index (χ1) is 7.16. The third-order valence-electron chi connectivity index (χ3n) is 2.41. The van der Waals surface area contributed by atoms with E-state index in [2.05, 4.69) is 31.0 Å². The molecule has 0 spiro atoms. The van der Waals surface area contributed by atoms with Gasteiger partial charge < -0.3 is 4.98 Å². The molecule has 1 aromatic carbocycles. The van der Waals surface area contributed by atoms with E-state index < -0.39 is 0 Å². The molecule has 0 aliphatic rings. The Hall–Kier alpha value is -1.35. The molecule has 15 heavy (non-hydrogen) atoms. The van der Waals surface area contributed by atoms with Crippen LogP contribution in [0.15, 0.2) is 34.4 Å². The third kappa shape index (κ3) is 2.18. The van der Waals surface area contributed by atoms with E-state index in [1.54, 1.807) is 0 Å². The molecule has 78 valence electrons. The van der Waals surface area contributed by atoms with E-state index in [9.17, 15) is 4.79 Å². The Labute approximate surface area is 92.6 Å². The number of aromatic nitrogens is 1. The van der Waals surface area contributed by atoms with Gasteiger partial charge in [0.15, 0.2) is 0 Å². The molecule has 0 radical (unpaired) electrons. The topological polar surface area (TPSA) is 32.9 Å². The number of rotatable bonds is 2. The molecule has 2 aromatic rings. The number of hydrogen-bond acceptors (Lipinski definition) is 2. The van der Waals surface area contributed by atoms with Gasteiger partial charge in [-0.15, -0.1) is 0 Å². The second kappa shape index (κ2) is 4.03. The van der Waals surface area contributed by atoms with Crippen LogP contribution in [-0.4, -0.2) is 4.98 Å². The molecule has 0 saturated carbocycles. The zero-order valence-electron chi connectivity index (χ0n) is 8.78. The van der Waals surface area contributed by atoms with Crippen LogP contribution in [0.3, 0.4) is 0 Å². The van der Waals surface area contributed by atoms with Crippen molar-refractivity contribution in [3.05, 3.63) is 44.9 Å². The van der Waals surface area contributed by atoms with Crippen molar-refractivity contribution in [3.8, 4) is 11.3 Å². The molecule has 1 N–H and O–H groups in total. The molecule has 0 bridgehead atoms.